The largest absolute Gasteiger partial charge is 0.309 e. The van der Waals surface area contributed by atoms with Crippen LogP contribution in [0.2, 0.25) is 0 Å². The Hall–Kier alpha value is -8.04. The number of rotatable bonds is 5. The lowest BCUT2D eigenvalue weighted by atomic mass is 9.92. The normalized spacial score (nSPS) is 12.1. The van der Waals surface area contributed by atoms with Crippen molar-refractivity contribution in [2.24, 2.45) is 0 Å². The fourth-order valence-electron chi connectivity index (χ4n) is 10.1. The van der Waals surface area contributed by atoms with Gasteiger partial charge in [0.1, 0.15) is 0 Å². The molecule has 13 aromatic rings. The minimum absolute atomic E-state index is 0.735. The van der Waals surface area contributed by atoms with Crippen LogP contribution in [0.25, 0.3) is 109 Å². The molecule has 0 saturated carbocycles. The molecule has 3 aromatic heterocycles. The first-order valence-corrected chi connectivity index (χ1v) is 23.3. The van der Waals surface area contributed by atoms with Crippen molar-refractivity contribution >= 4 is 110 Å². The fourth-order valence-corrected chi connectivity index (χ4v) is 12.7. The van der Waals surface area contributed by atoms with E-state index in [2.05, 4.69) is 199 Å². The van der Waals surface area contributed by atoms with Gasteiger partial charge in [0.25, 0.3) is 0 Å². The van der Waals surface area contributed by atoms with Gasteiger partial charge in [-0.05, 0) is 44.8 Å². The summed E-state index contributed by atoms with van der Waals surface area (Å²) in [5.41, 5.74) is 8.20. The maximum absolute atomic E-state index is 16.1. The Labute approximate surface area is 368 Å². The number of fused-ring (bicyclic) bond motifs is 12. The number of aromatic nitrogens is 3. The van der Waals surface area contributed by atoms with E-state index in [0.717, 1.165) is 125 Å². The highest BCUT2D eigenvalue weighted by molar-refractivity contribution is 7.85. The topological polar surface area (TPSA) is 55.7 Å². The van der Waals surface area contributed by atoms with Gasteiger partial charge in [-0.3, -0.25) is 4.98 Å². The van der Waals surface area contributed by atoms with Crippen molar-refractivity contribution in [1.29, 1.82) is 0 Å². The molecule has 0 aliphatic rings. The van der Waals surface area contributed by atoms with Crippen molar-refractivity contribution in [3.8, 4) is 22.3 Å². The second-order valence-corrected chi connectivity index (χ2v) is 19.4. The molecule has 0 N–H and O–H groups in total. The van der Waals surface area contributed by atoms with Gasteiger partial charge >= 0.3 is 0 Å². The van der Waals surface area contributed by atoms with Crippen LogP contribution in [0, 0.1) is 0 Å². The Morgan fingerprint density at radius 2 is 0.578 bits per heavy atom. The van der Waals surface area contributed by atoms with Crippen LogP contribution in [-0.4, -0.2) is 15.0 Å². The van der Waals surface area contributed by atoms with E-state index in [1.54, 1.807) is 12.4 Å². The molecular formula is C59H36N3OP. The third kappa shape index (κ3) is 5.49. The van der Waals surface area contributed by atoms with E-state index < -0.39 is 7.14 Å². The van der Waals surface area contributed by atoms with Crippen molar-refractivity contribution in [2.45, 2.75) is 0 Å². The third-order valence-electron chi connectivity index (χ3n) is 13.2. The SMILES string of the molecule is O=P(c1ccncc1)(c1ccc(-c2c3ccc4ccccc4c3nc3c2ccc2ccccc23)cc1)c1ccc(-c2c3ccc4ccccc4c3nc3c2ccc2ccccc23)cc1. The molecule has 0 unspecified atom stereocenters. The zero-order valence-corrected chi connectivity index (χ0v) is 35.4. The molecule has 0 saturated heterocycles. The predicted octanol–water partition coefficient (Wildman–Crippen LogP) is 14.1. The molecule has 0 aliphatic carbocycles. The molecular weight excluding hydrogens is 798 g/mol. The summed E-state index contributed by atoms with van der Waals surface area (Å²) < 4.78 is 16.1. The van der Waals surface area contributed by atoms with Gasteiger partial charge in [-0.2, -0.15) is 0 Å². The molecule has 10 aromatic carbocycles. The number of hydrogen-bond acceptors (Lipinski definition) is 4. The molecule has 13 rings (SSSR count). The highest BCUT2D eigenvalue weighted by Gasteiger charge is 2.30. The van der Waals surface area contributed by atoms with Crippen LogP contribution in [0.4, 0.5) is 0 Å². The quantitative estimate of drug-likeness (QED) is 0.0985. The molecule has 0 bridgehead atoms. The van der Waals surface area contributed by atoms with Gasteiger partial charge in [-0.25, -0.2) is 9.97 Å². The van der Waals surface area contributed by atoms with E-state index in [-0.39, 0.29) is 0 Å². The second kappa shape index (κ2) is 14.3. The lowest BCUT2D eigenvalue weighted by Gasteiger charge is -2.21. The van der Waals surface area contributed by atoms with E-state index in [4.69, 9.17) is 9.97 Å². The van der Waals surface area contributed by atoms with Crippen LogP contribution in [0.1, 0.15) is 0 Å². The summed E-state index contributed by atoms with van der Waals surface area (Å²) in [6.45, 7) is 0. The average Bonchev–Trinajstić information content (AvgIpc) is 3.37. The molecule has 3 heterocycles. The van der Waals surface area contributed by atoms with E-state index in [1.807, 2.05) is 12.1 Å². The lowest BCUT2D eigenvalue weighted by molar-refractivity contribution is 0.592. The zero-order chi connectivity index (χ0) is 42.4. The van der Waals surface area contributed by atoms with Crippen LogP contribution in [0.3, 0.4) is 0 Å². The third-order valence-corrected chi connectivity index (χ3v) is 16.3. The summed E-state index contributed by atoms with van der Waals surface area (Å²) in [4.78, 5) is 15.1. The van der Waals surface area contributed by atoms with Gasteiger partial charge in [0.05, 0.1) is 22.1 Å². The average molecular weight is 834 g/mol. The second-order valence-electron chi connectivity index (χ2n) is 16.6. The van der Waals surface area contributed by atoms with Gasteiger partial charge in [0.15, 0.2) is 7.14 Å². The Morgan fingerprint density at radius 1 is 0.281 bits per heavy atom. The number of hydrogen-bond donors (Lipinski definition) is 0. The number of nitrogens with zero attached hydrogens (tertiary/aromatic N) is 3. The van der Waals surface area contributed by atoms with Crippen molar-refractivity contribution in [3.63, 3.8) is 0 Å². The van der Waals surface area contributed by atoms with Gasteiger partial charge in [0, 0.05) is 82.5 Å². The van der Waals surface area contributed by atoms with E-state index >= 15 is 4.57 Å². The van der Waals surface area contributed by atoms with Crippen LogP contribution in [-0.2, 0) is 4.57 Å². The van der Waals surface area contributed by atoms with Crippen molar-refractivity contribution in [2.75, 3.05) is 0 Å². The minimum atomic E-state index is -3.39. The predicted molar refractivity (Wildman–Crippen MR) is 270 cm³/mol. The Bertz CT molecular complexity index is 3660. The van der Waals surface area contributed by atoms with E-state index in [0.29, 0.717) is 0 Å². The molecule has 4 nitrogen and oxygen atoms in total. The molecule has 0 amide bonds. The van der Waals surface area contributed by atoms with E-state index in [9.17, 15) is 0 Å². The lowest BCUT2D eigenvalue weighted by Crippen LogP contribution is -2.25. The molecule has 298 valence electrons. The molecule has 0 spiro atoms. The standard InChI is InChI=1S/C59H36N3OP/c63-64(45-33-35-60-36-34-45,43-25-17-41(18-26-43)54-50-29-21-37-9-1-5-13-46(37)56(50)61-57-47-14-6-2-10-38(47)22-30-51(54)57)44-27-19-42(20-28-44)55-52-31-23-39-11-3-7-15-48(39)58(52)62-59-49-16-8-4-12-40(49)24-32-53(55)59/h1-36H. The monoisotopic (exact) mass is 833 g/mol. The Balaban J connectivity index is 0.990. The van der Waals surface area contributed by atoms with Gasteiger partial charge in [-0.15, -0.1) is 0 Å². The molecule has 0 fully saturated rings. The Kier molecular flexibility index (Phi) is 8.15. The summed E-state index contributed by atoms with van der Waals surface area (Å²) in [6, 6.07) is 72.0. The fraction of sp³-hybridized carbons (Fsp3) is 0. The van der Waals surface area contributed by atoms with Crippen LogP contribution >= 0.6 is 7.14 Å². The maximum Gasteiger partial charge on any atom is 0.171 e. The molecule has 0 atom stereocenters. The van der Waals surface area contributed by atoms with Crippen LogP contribution < -0.4 is 15.9 Å². The van der Waals surface area contributed by atoms with E-state index in [1.165, 1.54) is 0 Å². The first-order valence-electron chi connectivity index (χ1n) is 21.6. The van der Waals surface area contributed by atoms with Crippen LogP contribution in [0.15, 0.2) is 219 Å². The van der Waals surface area contributed by atoms with Crippen LogP contribution in [0.5, 0.6) is 0 Å². The first-order chi connectivity index (χ1) is 31.6. The van der Waals surface area contributed by atoms with Crippen molar-refractivity contribution < 1.29 is 4.57 Å². The summed E-state index contributed by atoms with van der Waals surface area (Å²) >= 11 is 0. The smallest absolute Gasteiger partial charge is 0.171 e. The Morgan fingerprint density at radius 3 is 0.906 bits per heavy atom. The minimum Gasteiger partial charge on any atom is -0.309 e. The summed E-state index contributed by atoms with van der Waals surface area (Å²) in [5, 5.41) is 15.7. The summed E-state index contributed by atoms with van der Waals surface area (Å²) in [5.74, 6) is 0. The van der Waals surface area contributed by atoms with Gasteiger partial charge < -0.3 is 4.57 Å². The van der Waals surface area contributed by atoms with Crippen molar-refractivity contribution in [1.82, 2.24) is 15.0 Å². The first kappa shape index (κ1) is 36.6. The highest BCUT2D eigenvalue weighted by atomic mass is 31.2. The molecule has 0 aliphatic heterocycles. The summed E-state index contributed by atoms with van der Waals surface area (Å²) in [6.07, 6.45) is 3.47. The van der Waals surface area contributed by atoms with Crippen molar-refractivity contribution in [3.05, 3.63) is 219 Å². The number of pyridine rings is 3. The molecule has 0 radical (unpaired) electrons. The highest BCUT2D eigenvalue weighted by Crippen LogP contribution is 2.46. The molecule has 5 heteroatoms. The maximum atomic E-state index is 16.1. The molecule has 64 heavy (non-hydrogen) atoms. The van der Waals surface area contributed by atoms with Gasteiger partial charge in [0.2, 0.25) is 0 Å². The number of benzene rings is 10. The zero-order valence-electron chi connectivity index (χ0n) is 34.5. The summed E-state index contributed by atoms with van der Waals surface area (Å²) in [7, 11) is -3.39. The van der Waals surface area contributed by atoms with Gasteiger partial charge in [-0.1, -0.05) is 194 Å².